The highest BCUT2D eigenvalue weighted by atomic mass is 28.3. The second-order valence-corrected chi connectivity index (χ2v) is 9.24. The SMILES string of the molecule is C=C[Si](C)(C)CCCCCCC. The monoisotopic (exact) mass is 184 g/mol. The van der Waals surface area contributed by atoms with E-state index in [1.807, 2.05) is 0 Å². The molecule has 0 nitrogen and oxygen atoms in total. The van der Waals surface area contributed by atoms with Crippen LogP contribution in [0.25, 0.3) is 0 Å². The van der Waals surface area contributed by atoms with Gasteiger partial charge in [0, 0.05) is 0 Å². The maximum absolute atomic E-state index is 3.91. The van der Waals surface area contributed by atoms with Gasteiger partial charge in [-0.25, -0.2) is 0 Å². The lowest BCUT2D eigenvalue weighted by Crippen LogP contribution is -2.21. The van der Waals surface area contributed by atoms with E-state index in [-0.39, 0.29) is 0 Å². The number of rotatable bonds is 7. The molecule has 0 atom stereocenters. The van der Waals surface area contributed by atoms with Crippen molar-refractivity contribution in [2.45, 2.75) is 58.2 Å². The highest BCUT2D eigenvalue weighted by molar-refractivity contribution is 6.82. The third-order valence-corrected chi connectivity index (χ3v) is 5.22. The topological polar surface area (TPSA) is 0 Å². The summed E-state index contributed by atoms with van der Waals surface area (Å²) in [6.07, 6.45) is 7.04. The highest BCUT2D eigenvalue weighted by Crippen LogP contribution is 2.16. The minimum absolute atomic E-state index is 0.974. The molecule has 0 bridgehead atoms. The molecule has 0 aromatic rings. The minimum atomic E-state index is -0.974. The van der Waals surface area contributed by atoms with Gasteiger partial charge in [-0.15, -0.1) is 12.3 Å². The molecule has 0 saturated carbocycles. The normalized spacial score (nSPS) is 11.6. The summed E-state index contributed by atoms with van der Waals surface area (Å²) in [5, 5.41) is 0. The van der Waals surface area contributed by atoms with Gasteiger partial charge in [-0.2, -0.15) is 0 Å². The second kappa shape index (κ2) is 6.47. The summed E-state index contributed by atoms with van der Waals surface area (Å²) in [7, 11) is -0.974. The van der Waals surface area contributed by atoms with E-state index >= 15 is 0 Å². The number of unbranched alkanes of at least 4 members (excludes halogenated alkanes) is 4. The Balaban J connectivity index is 3.25. The minimum Gasteiger partial charge on any atom is -0.107 e. The maximum atomic E-state index is 3.91. The zero-order chi connectivity index (χ0) is 9.45. The van der Waals surface area contributed by atoms with Gasteiger partial charge < -0.3 is 0 Å². The largest absolute Gasteiger partial charge is 0.107 e. The maximum Gasteiger partial charge on any atom is 0.0709 e. The first-order valence-corrected chi connectivity index (χ1v) is 8.54. The third kappa shape index (κ3) is 6.65. The smallest absolute Gasteiger partial charge is 0.0709 e. The van der Waals surface area contributed by atoms with Gasteiger partial charge in [-0.3, -0.25) is 0 Å². The van der Waals surface area contributed by atoms with E-state index in [4.69, 9.17) is 0 Å². The van der Waals surface area contributed by atoms with E-state index in [1.54, 1.807) is 0 Å². The van der Waals surface area contributed by atoms with Gasteiger partial charge in [0.05, 0.1) is 8.07 Å². The fourth-order valence-electron chi connectivity index (χ4n) is 1.29. The summed E-state index contributed by atoms with van der Waals surface area (Å²) in [5.41, 5.74) is 2.22. The highest BCUT2D eigenvalue weighted by Gasteiger charge is 2.14. The first kappa shape index (κ1) is 12.0. The van der Waals surface area contributed by atoms with E-state index in [0.29, 0.717) is 0 Å². The summed E-state index contributed by atoms with van der Waals surface area (Å²) in [6.45, 7) is 11.0. The van der Waals surface area contributed by atoms with Gasteiger partial charge in [0.15, 0.2) is 0 Å². The third-order valence-electron chi connectivity index (χ3n) is 2.48. The van der Waals surface area contributed by atoms with Gasteiger partial charge >= 0.3 is 0 Å². The molecule has 1 heteroatoms. The van der Waals surface area contributed by atoms with Gasteiger partial charge in [-0.1, -0.05) is 58.2 Å². The van der Waals surface area contributed by atoms with Crippen molar-refractivity contribution in [1.29, 1.82) is 0 Å². The van der Waals surface area contributed by atoms with Crippen molar-refractivity contribution < 1.29 is 0 Å². The molecule has 0 radical (unpaired) electrons. The molecule has 0 saturated heterocycles. The van der Waals surface area contributed by atoms with Crippen LogP contribution in [0.5, 0.6) is 0 Å². The lowest BCUT2D eigenvalue weighted by Gasteiger charge is -2.16. The van der Waals surface area contributed by atoms with Crippen molar-refractivity contribution >= 4 is 8.07 Å². The van der Waals surface area contributed by atoms with Crippen LogP contribution in [0.15, 0.2) is 12.3 Å². The Morgan fingerprint density at radius 3 is 2.17 bits per heavy atom. The van der Waals surface area contributed by atoms with Gasteiger partial charge in [-0.05, 0) is 0 Å². The van der Waals surface area contributed by atoms with Crippen molar-refractivity contribution in [3.63, 3.8) is 0 Å². The lowest BCUT2D eigenvalue weighted by atomic mass is 10.2. The van der Waals surface area contributed by atoms with E-state index in [9.17, 15) is 0 Å². The fourth-order valence-corrected chi connectivity index (χ4v) is 2.65. The van der Waals surface area contributed by atoms with Crippen LogP contribution in [0.1, 0.15) is 39.0 Å². The summed E-state index contributed by atoms with van der Waals surface area (Å²) >= 11 is 0. The van der Waals surface area contributed by atoms with Crippen molar-refractivity contribution in [2.24, 2.45) is 0 Å². The number of hydrogen-bond donors (Lipinski definition) is 0. The standard InChI is InChI=1S/C11H24Si/c1-5-7-8-9-10-11-12(3,4)6-2/h6H,2,5,7-11H2,1,3-4H3. The predicted molar refractivity (Wildman–Crippen MR) is 61.2 cm³/mol. The van der Waals surface area contributed by atoms with Crippen LogP contribution >= 0.6 is 0 Å². The first-order chi connectivity index (χ1) is 5.62. The molecule has 0 unspecified atom stereocenters. The van der Waals surface area contributed by atoms with Crippen LogP contribution < -0.4 is 0 Å². The summed E-state index contributed by atoms with van der Waals surface area (Å²) in [4.78, 5) is 0. The Morgan fingerprint density at radius 2 is 1.67 bits per heavy atom. The van der Waals surface area contributed by atoms with E-state index in [2.05, 4.69) is 32.3 Å². The van der Waals surface area contributed by atoms with Gasteiger partial charge in [0.25, 0.3) is 0 Å². The molecule has 0 aliphatic heterocycles. The first-order valence-electron chi connectivity index (χ1n) is 5.26. The average molecular weight is 184 g/mol. The summed E-state index contributed by atoms with van der Waals surface area (Å²) in [6, 6.07) is 1.43. The lowest BCUT2D eigenvalue weighted by molar-refractivity contribution is 0.653. The molecule has 0 heterocycles. The van der Waals surface area contributed by atoms with Crippen LogP contribution in [-0.2, 0) is 0 Å². The molecule has 0 amide bonds. The molecule has 0 N–H and O–H groups in total. The number of hydrogen-bond acceptors (Lipinski definition) is 0. The Kier molecular flexibility index (Phi) is 6.45. The molecule has 72 valence electrons. The van der Waals surface area contributed by atoms with Crippen LogP contribution in [0.4, 0.5) is 0 Å². The molecule has 0 fully saturated rings. The van der Waals surface area contributed by atoms with Gasteiger partial charge in [0.2, 0.25) is 0 Å². The van der Waals surface area contributed by atoms with Crippen molar-refractivity contribution in [3.8, 4) is 0 Å². The molecule has 0 spiro atoms. The fraction of sp³-hybridized carbons (Fsp3) is 0.818. The Bertz CT molecular complexity index is 116. The Hall–Kier alpha value is -0.0431. The van der Waals surface area contributed by atoms with Crippen LogP contribution in [-0.4, -0.2) is 8.07 Å². The summed E-state index contributed by atoms with van der Waals surface area (Å²) < 4.78 is 0. The Morgan fingerprint density at radius 1 is 1.08 bits per heavy atom. The van der Waals surface area contributed by atoms with Crippen LogP contribution in [0, 0.1) is 0 Å². The van der Waals surface area contributed by atoms with E-state index < -0.39 is 8.07 Å². The molecular weight excluding hydrogens is 160 g/mol. The van der Waals surface area contributed by atoms with E-state index in [0.717, 1.165) is 0 Å². The van der Waals surface area contributed by atoms with Crippen LogP contribution in [0.2, 0.25) is 19.1 Å². The van der Waals surface area contributed by atoms with Gasteiger partial charge in [0.1, 0.15) is 0 Å². The predicted octanol–water partition coefficient (Wildman–Crippen LogP) is 4.39. The molecular formula is C11H24Si. The zero-order valence-electron chi connectivity index (χ0n) is 9.03. The molecule has 0 aromatic heterocycles. The quantitative estimate of drug-likeness (QED) is 0.406. The van der Waals surface area contributed by atoms with E-state index in [1.165, 1.54) is 38.1 Å². The molecule has 0 aliphatic carbocycles. The second-order valence-electron chi connectivity index (χ2n) is 4.36. The molecule has 0 rings (SSSR count). The average Bonchev–Trinajstić information content (AvgIpc) is 2.04. The molecule has 12 heavy (non-hydrogen) atoms. The van der Waals surface area contributed by atoms with Crippen molar-refractivity contribution in [3.05, 3.63) is 12.3 Å². The Labute approximate surface area is 79.1 Å². The van der Waals surface area contributed by atoms with Crippen molar-refractivity contribution in [2.75, 3.05) is 0 Å². The zero-order valence-corrected chi connectivity index (χ0v) is 10.0. The summed E-state index contributed by atoms with van der Waals surface area (Å²) in [5.74, 6) is 0. The molecule has 0 aromatic carbocycles. The molecule has 0 aliphatic rings. The van der Waals surface area contributed by atoms with Crippen LogP contribution in [0.3, 0.4) is 0 Å². The van der Waals surface area contributed by atoms with Crippen molar-refractivity contribution in [1.82, 2.24) is 0 Å².